The van der Waals surface area contributed by atoms with Crippen LogP contribution in [-0.4, -0.2) is 12.5 Å². The number of amides is 1. The van der Waals surface area contributed by atoms with E-state index in [9.17, 15) is 9.18 Å². The number of nitrogens with one attached hydrogen (secondary N) is 1. The van der Waals surface area contributed by atoms with E-state index in [0.717, 1.165) is 6.07 Å². The Morgan fingerprint density at radius 3 is 2.81 bits per heavy atom. The maximum absolute atomic E-state index is 13.1. The lowest BCUT2D eigenvalue weighted by Gasteiger charge is -2.11. The highest BCUT2D eigenvalue weighted by Crippen LogP contribution is 2.31. The van der Waals surface area contributed by atoms with E-state index in [1.54, 1.807) is 24.3 Å². The first-order valence-electron chi connectivity index (χ1n) is 5.88. The fourth-order valence-corrected chi connectivity index (χ4v) is 2.49. The Kier molecular flexibility index (Phi) is 5.03. The van der Waals surface area contributed by atoms with Crippen molar-refractivity contribution in [3.05, 3.63) is 51.7 Å². The van der Waals surface area contributed by atoms with Gasteiger partial charge in [-0.1, -0.05) is 17.7 Å². The van der Waals surface area contributed by atoms with Crippen molar-refractivity contribution in [3.63, 3.8) is 0 Å². The summed E-state index contributed by atoms with van der Waals surface area (Å²) >= 11 is 9.01. The van der Waals surface area contributed by atoms with Crippen molar-refractivity contribution in [2.75, 3.05) is 17.7 Å². The van der Waals surface area contributed by atoms with Gasteiger partial charge in [0.1, 0.15) is 11.6 Å². The highest BCUT2D eigenvalue weighted by atomic mass is 79.9. The summed E-state index contributed by atoms with van der Waals surface area (Å²) in [6, 6.07) is 9.04. The molecule has 0 aliphatic carbocycles. The number of nitrogens with two attached hydrogens (primary N) is 1. The summed E-state index contributed by atoms with van der Waals surface area (Å²) in [5.74, 6) is -0.443. The smallest absolute Gasteiger partial charge is 0.262 e. The average molecular weight is 374 g/mol. The normalized spacial score (nSPS) is 10.2. The maximum Gasteiger partial charge on any atom is 0.262 e. The van der Waals surface area contributed by atoms with Crippen LogP contribution in [0.2, 0.25) is 5.02 Å². The molecule has 2 aromatic rings. The van der Waals surface area contributed by atoms with Crippen molar-refractivity contribution in [1.29, 1.82) is 0 Å². The predicted octanol–water partition coefficient (Wildman–Crippen LogP) is 3.84. The summed E-state index contributed by atoms with van der Waals surface area (Å²) in [5, 5.41) is 2.65. The second kappa shape index (κ2) is 6.78. The molecule has 0 heterocycles. The van der Waals surface area contributed by atoms with Crippen molar-refractivity contribution in [2.24, 2.45) is 0 Å². The molecule has 0 aromatic heterocycles. The number of halogens is 3. The first-order chi connectivity index (χ1) is 9.95. The molecular weight excluding hydrogens is 363 g/mol. The lowest BCUT2D eigenvalue weighted by atomic mass is 10.3. The van der Waals surface area contributed by atoms with Crippen LogP contribution in [0.4, 0.5) is 15.8 Å². The van der Waals surface area contributed by atoms with Crippen molar-refractivity contribution in [1.82, 2.24) is 0 Å². The molecule has 1 amide bonds. The van der Waals surface area contributed by atoms with Gasteiger partial charge >= 0.3 is 0 Å². The van der Waals surface area contributed by atoms with E-state index in [-0.39, 0.29) is 11.6 Å². The molecule has 3 N–H and O–H groups in total. The molecule has 0 bridgehead atoms. The van der Waals surface area contributed by atoms with Gasteiger partial charge < -0.3 is 15.8 Å². The molecule has 0 radical (unpaired) electrons. The molecule has 4 nitrogen and oxygen atoms in total. The third-order valence-corrected chi connectivity index (χ3v) is 3.42. The summed E-state index contributed by atoms with van der Waals surface area (Å²) in [6.07, 6.45) is 0. The third kappa shape index (κ3) is 4.34. The maximum atomic E-state index is 13.1. The van der Waals surface area contributed by atoms with Crippen LogP contribution in [0.5, 0.6) is 5.75 Å². The Morgan fingerprint density at radius 1 is 1.38 bits per heavy atom. The van der Waals surface area contributed by atoms with Crippen molar-refractivity contribution >= 4 is 44.8 Å². The first-order valence-corrected chi connectivity index (χ1v) is 7.05. The van der Waals surface area contributed by atoms with E-state index >= 15 is 0 Å². The first kappa shape index (κ1) is 15.6. The largest absolute Gasteiger partial charge is 0.484 e. The fourth-order valence-electron chi connectivity index (χ4n) is 1.59. The van der Waals surface area contributed by atoms with Crippen LogP contribution in [0.15, 0.2) is 40.9 Å². The zero-order chi connectivity index (χ0) is 15.4. The van der Waals surface area contributed by atoms with Gasteiger partial charge in [-0.2, -0.15) is 0 Å². The summed E-state index contributed by atoms with van der Waals surface area (Å²) in [4.78, 5) is 11.8. The third-order valence-electron chi connectivity index (χ3n) is 2.50. The van der Waals surface area contributed by atoms with Crippen LogP contribution in [0.3, 0.4) is 0 Å². The average Bonchev–Trinajstić information content (AvgIpc) is 2.40. The standard InChI is InChI=1S/C14H11BrClFN2O2/c15-11-4-8(17)5-12(16)14(11)19-13(20)7-21-10-3-1-2-9(18)6-10/h1-6H,7,18H2,(H,19,20). The molecule has 2 rings (SSSR count). The van der Waals surface area contributed by atoms with Crippen LogP contribution >= 0.6 is 27.5 Å². The van der Waals surface area contributed by atoms with E-state index in [4.69, 9.17) is 22.1 Å². The van der Waals surface area contributed by atoms with Gasteiger partial charge in [-0.25, -0.2) is 4.39 Å². The molecule has 0 spiro atoms. The highest BCUT2D eigenvalue weighted by Gasteiger charge is 2.12. The van der Waals surface area contributed by atoms with Crippen molar-refractivity contribution in [2.45, 2.75) is 0 Å². The van der Waals surface area contributed by atoms with Gasteiger partial charge in [-0.05, 0) is 40.2 Å². The minimum Gasteiger partial charge on any atom is -0.484 e. The minimum absolute atomic E-state index is 0.0965. The Hall–Kier alpha value is -1.79. The Labute approximate surface area is 134 Å². The van der Waals surface area contributed by atoms with Gasteiger partial charge in [-0.3, -0.25) is 4.79 Å². The second-order valence-electron chi connectivity index (χ2n) is 4.15. The fraction of sp³-hybridized carbons (Fsp3) is 0.0714. The topological polar surface area (TPSA) is 64.3 Å². The SMILES string of the molecule is Nc1cccc(OCC(=O)Nc2c(Cl)cc(F)cc2Br)c1. The predicted molar refractivity (Wildman–Crippen MR) is 84.1 cm³/mol. The zero-order valence-electron chi connectivity index (χ0n) is 10.7. The van der Waals surface area contributed by atoms with Crippen LogP contribution in [0.1, 0.15) is 0 Å². The monoisotopic (exact) mass is 372 g/mol. The molecule has 0 saturated carbocycles. The molecule has 7 heteroatoms. The number of anilines is 2. The van der Waals surface area contributed by atoms with E-state index < -0.39 is 11.7 Å². The van der Waals surface area contributed by atoms with Gasteiger partial charge in [0.05, 0.1) is 10.7 Å². The number of rotatable bonds is 4. The highest BCUT2D eigenvalue weighted by molar-refractivity contribution is 9.10. The summed E-state index contributed by atoms with van der Waals surface area (Å²) in [5.41, 5.74) is 6.43. The molecule has 0 fully saturated rings. The Bertz CT molecular complexity index is 659. The van der Waals surface area contributed by atoms with Crippen molar-refractivity contribution < 1.29 is 13.9 Å². The van der Waals surface area contributed by atoms with Gasteiger partial charge in [0, 0.05) is 16.2 Å². The van der Waals surface area contributed by atoms with Crippen LogP contribution in [0, 0.1) is 5.82 Å². The van der Waals surface area contributed by atoms with Crippen LogP contribution < -0.4 is 15.8 Å². The van der Waals surface area contributed by atoms with E-state index in [1.165, 1.54) is 6.07 Å². The molecular formula is C14H11BrClFN2O2. The second-order valence-corrected chi connectivity index (χ2v) is 5.42. The summed E-state index contributed by atoms with van der Waals surface area (Å²) in [7, 11) is 0. The van der Waals surface area contributed by atoms with Crippen LogP contribution in [0.25, 0.3) is 0 Å². The van der Waals surface area contributed by atoms with E-state index in [1.807, 2.05) is 0 Å². The number of carbonyl (C=O) groups excluding carboxylic acids is 1. The number of hydrogen-bond acceptors (Lipinski definition) is 3. The Balaban J connectivity index is 1.99. The van der Waals surface area contributed by atoms with Gasteiger partial charge in [0.2, 0.25) is 0 Å². The summed E-state index contributed by atoms with van der Waals surface area (Å²) < 4.78 is 18.7. The lowest BCUT2D eigenvalue weighted by Crippen LogP contribution is -2.20. The minimum atomic E-state index is -0.499. The summed E-state index contributed by atoms with van der Waals surface area (Å²) in [6.45, 7) is -0.219. The molecule has 110 valence electrons. The number of benzene rings is 2. The lowest BCUT2D eigenvalue weighted by molar-refractivity contribution is -0.118. The zero-order valence-corrected chi connectivity index (χ0v) is 13.0. The number of carbonyl (C=O) groups is 1. The van der Waals surface area contributed by atoms with Crippen LogP contribution in [-0.2, 0) is 4.79 Å². The number of nitrogen functional groups attached to an aromatic ring is 1. The number of hydrogen-bond donors (Lipinski definition) is 2. The van der Waals surface area contributed by atoms with Gasteiger partial charge in [-0.15, -0.1) is 0 Å². The molecule has 21 heavy (non-hydrogen) atoms. The van der Waals surface area contributed by atoms with Gasteiger partial charge in [0.25, 0.3) is 5.91 Å². The molecule has 0 saturated heterocycles. The Morgan fingerprint density at radius 2 is 2.14 bits per heavy atom. The van der Waals surface area contributed by atoms with E-state index in [0.29, 0.717) is 21.6 Å². The molecule has 0 aliphatic rings. The van der Waals surface area contributed by atoms with E-state index in [2.05, 4.69) is 21.2 Å². The molecule has 0 atom stereocenters. The van der Waals surface area contributed by atoms with Crippen molar-refractivity contribution in [3.8, 4) is 5.75 Å². The quantitative estimate of drug-likeness (QED) is 0.800. The van der Waals surface area contributed by atoms with Gasteiger partial charge in [0.15, 0.2) is 6.61 Å². The molecule has 0 aliphatic heterocycles. The molecule has 0 unspecified atom stereocenters. The number of ether oxygens (including phenoxy) is 1. The molecule has 2 aromatic carbocycles.